The zero-order valence-electron chi connectivity index (χ0n) is 18.2. The first-order valence-corrected chi connectivity index (χ1v) is 12.0. The Morgan fingerprint density at radius 3 is 2.91 bits per heavy atom. The number of nitrogens with one attached hydrogen (secondary N) is 1. The number of rotatable bonds is 6. The normalized spacial score (nSPS) is 19.0. The Hall–Kier alpha value is -3.13. The fraction of sp³-hybridized carbons (Fsp3) is 0.375. The van der Waals surface area contributed by atoms with Gasteiger partial charge in [-0.05, 0) is 56.0 Å². The van der Waals surface area contributed by atoms with Crippen molar-refractivity contribution in [2.75, 3.05) is 31.6 Å². The Morgan fingerprint density at radius 1 is 1.25 bits per heavy atom. The molecule has 1 N–H and O–H groups in total. The number of ether oxygens (including phenoxy) is 1. The molecule has 0 bridgehead atoms. The quantitative estimate of drug-likeness (QED) is 0.581. The van der Waals surface area contributed by atoms with Crippen LogP contribution in [0.3, 0.4) is 0 Å². The van der Waals surface area contributed by atoms with E-state index in [9.17, 15) is 4.79 Å². The maximum absolute atomic E-state index is 12.4. The van der Waals surface area contributed by atoms with Crippen LogP contribution >= 0.6 is 11.3 Å². The van der Waals surface area contributed by atoms with Gasteiger partial charge in [0, 0.05) is 13.1 Å². The van der Waals surface area contributed by atoms with Crippen LogP contribution in [0.25, 0.3) is 10.2 Å². The largest absolute Gasteiger partial charge is 0.449 e. The van der Waals surface area contributed by atoms with Crippen molar-refractivity contribution in [1.82, 2.24) is 14.8 Å². The number of fused-ring (bicyclic) bond motifs is 2. The Balaban J connectivity index is 1.23. The van der Waals surface area contributed by atoms with Crippen LogP contribution in [-0.4, -0.2) is 59.1 Å². The van der Waals surface area contributed by atoms with E-state index in [1.165, 1.54) is 10.3 Å². The fourth-order valence-corrected chi connectivity index (χ4v) is 5.22. The Kier molecular flexibility index (Phi) is 5.94. The molecule has 5 rings (SSSR count). The first-order valence-electron chi connectivity index (χ1n) is 11.2. The van der Waals surface area contributed by atoms with Crippen molar-refractivity contribution >= 4 is 44.4 Å². The summed E-state index contributed by atoms with van der Waals surface area (Å²) in [6.45, 7) is 4.62. The Morgan fingerprint density at radius 2 is 2.09 bits per heavy atom. The minimum atomic E-state index is -0.307. The molecule has 1 aromatic heterocycles. The van der Waals surface area contributed by atoms with E-state index < -0.39 is 0 Å². The third kappa shape index (κ3) is 4.27. The van der Waals surface area contributed by atoms with Gasteiger partial charge in [0.05, 0.1) is 35.1 Å². The molecule has 0 radical (unpaired) electrons. The number of hydrogen-bond acceptors (Lipinski definition) is 6. The first kappa shape index (κ1) is 20.8. The molecule has 2 saturated heterocycles. The zero-order chi connectivity index (χ0) is 21.9. The second-order valence-corrected chi connectivity index (χ2v) is 9.07. The number of carbonyl (C=O) groups is 1. The molecule has 2 fully saturated rings. The van der Waals surface area contributed by atoms with Gasteiger partial charge in [0.2, 0.25) is 5.96 Å². The Labute approximate surface area is 191 Å². The molecule has 2 aliphatic heterocycles. The van der Waals surface area contributed by atoms with E-state index in [0.29, 0.717) is 19.2 Å². The molecular weight excluding hydrogens is 422 g/mol. The number of nitrogens with zero attached hydrogens (tertiary/aromatic N) is 4. The number of para-hydroxylation sites is 1. The van der Waals surface area contributed by atoms with Crippen molar-refractivity contribution < 1.29 is 9.53 Å². The highest BCUT2D eigenvalue weighted by Crippen LogP contribution is 2.29. The van der Waals surface area contributed by atoms with E-state index >= 15 is 0 Å². The number of amides is 1. The van der Waals surface area contributed by atoms with Crippen molar-refractivity contribution in [3.8, 4) is 0 Å². The highest BCUT2D eigenvalue weighted by molar-refractivity contribution is 7.22. The molecule has 8 heteroatoms. The molecule has 1 atom stereocenters. The van der Waals surface area contributed by atoms with Gasteiger partial charge in [-0.2, -0.15) is 0 Å². The van der Waals surface area contributed by atoms with Gasteiger partial charge in [0.25, 0.3) is 0 Å². The smallest absolute Gasteiger partial charge is 0.416 e. The van der Waals surface area contributed by atoms with Crippen LogP contribution in [0.4, 0.5) is 15.6 Å². The lowest BCUT2D eigenvalue weighted by atomic mass is 10.1. The lowest BCUT2D eigenvalue weighted by molar-refractivity contribution is 0.129. The molecule has 0 aliphatic carbocycles. The van der Waals surface area contributed by atoms with Gasteiger partial charge >= 0.3 is 6.09 Å². The van der Waals surface area contributed by atoms with Gasteiger partial charge < -0.3 is 15.0 Å². The minimum Gasteiger partial charge on any atom is -0.449 e. The predicted octanol–water partition coefficient (Wildman–Crippen LogP) is 4.87. The van der Waals surface area contributed by atoms with Crippen molar-refractivity contribution in [3.05, 3.63) is 54.1 Å². The number of benzene rings is 2. The molecule has 2 aliphatic rings. The van der Waals surface area contributed by atoms with E-state index in [0.717, 1.165) is 54.6 Å². The van der Waals surface area contributed by atoms with Crippen LogP contribution in [0.1, 0.15) is 25.3 Å². The van der Waals surface area contributed by atoms with Crippen LogP contribution in [0.2, 0.25) is 0 Å². The highest BCUT2D eigenvalue weighted by atomic mass is 32.1. The summed E-state index contributed by atoms with van der Waals surface area (Å²) in [5.74, 6) is 0.719. The topological polar surface area (TPSA) is 70.1 Å². The van der Waals surface area contributed by atoms with Crippen LogP contribution in [-0.2, 0) is 11.2 Å². The molecule has 3 aromatic rings. The molecule has 7 nitrogen and oxygen atoms in total. The zero-order valence-corrected chi connectivity index (χ0v) is 19.0. The Bertz CT molecular complexity index is 1090. The molecule has 0 spiro atoms. The molecule has 1 amide bonds. The summed E-state index contributed by atoms with van der Waals surface area (Å²) < 4.78 is 6.44. The molecule has 3 heterocycles. The number of hydrogen-bond donors (Lipinski definition) is 1. The third-order valence-corrected chi connectivity index (χ3v) is 6.90. The highest BCUT2D eigenvalue weighted by Gasteiger charge is 2.41. The predicted molar refractivity (Wildman–Crippen MR) is 129 cm³/mol. The van der Waals surface area contributed by atoms with E-state index in [4.69, 9.17) is 9.73 Å². The monoisotopic (exact) mass is 449 g/mol. The van der Waals surface area contributed by atoms with E-state index in [2.05, 4.69) is 33.4 Å². The number of thiazole rings is 1. The summed E-state index contributed by atoms with van der Waals surface area (Å²) in [5.41, 5.74) is 3.12. The van der Waals surface area contributed by atoms with Gasteiger partial charge in [0.1, 0.15) is 0 Å². The number of aliphatic imine (C=N–C) groups is 1. The SMILES string of the molecule is CCOC(=O)N1CC2CCCN2C1=Nc1ccc(CCNc2nc3ccccc3s2)cc1. The molecule has 0 saturated carbocycles. The van der Waals surface area contributed by atoms with Crippen molar-refractivity contribution in [3.63, 3.8) is 0 Å². The van der Waals surface area contributed by atoms with Crippen molar-refractivity contribution in [1.29, 1.82) is 0 Å². The second kappa shape index (κ2) is 9.16. The summed E-state index contributed by atoms with van der Waals surface area (Å²) in [6.07, 6.45) is 2.82. The third-order valence-electron chi connectivity index (χ3n) is 5.91. The summed E-state index contributed by atoms with van der Waals surface area (Å²) in [7, 11) is 0. The molecule has 32 heavy (non-hydrogen) atoms. The summed E-state index contributed by atoms with van der Waals surface area (Å²) in [6, 6.07) is 16.8. The maximum Gasteiger partial charge on any atom is 0.416 e. The lowest BCUT2D eigenvalue weighted by Crippen LogP contribution is -2.37. The number of guanidine groups is 1. The summed E-state index contributed by atoms with van der Waals surface area (Å²) >= 11 is 1.68. The van der Waals surface area contributed by atoms with Crippen LogP contribution in [0.5, 0.6) is 0 Å². The standard InChI is InChI=1S/C24H27N5O2S/c1-2-31-24(30)29-16-19-6-5-15-28(19)23(29)26-18-11-9-17(10-12-18)13-14-25-22-27-20-7-3-4-8-21(20)32-22/h3-4,7-12,19H,2,5-6,13-16H2,1H3,(H,25,27). The molecule has 2 aromatic carbocycles. The minimum absolute atomic E-state index is 0.307. The maximum atomic E-state index is 12.4. The van der Waals surface area contributed by atoms with Crippen LogP contribution in [0.15, 0.2) is 53.5 Å². The van der Waals surface area contributed by atoms with Crippen molar-refractivity contribution in [2.24, 2.45) is 4.99 Å². The van der Waals surface area contributed by atoms with Crippen LogP contribution < -0.4 is 5.32 Å². The number of anilines is 1. The summed E-state index contributed by atoms with van der Waals surface area (Å²) in [4.78, 5) is 25.8. The van der Waals surface area contributed by atoms with Gasteiger partial charge in [-0.1, -0.05) is 35.6 Å². The second-order valence-electron chi connectivity index (χ2n) is 8.04. The van der Waals surface area contributed by atoms with Gasteiger partial charge in [0.15, 0.2) is 5.13 Å². The average Bonchev–Trinajstić information content (AvgIpc) is 3.50. The van der Waals surface area contributed by atoms with E-state index in [1.54, 1.807) is 16.2 Å². The fourth-order valence-electron chi connectivity index (χ4n) is 4.33. The van der Waals surface area contributed by atoms with E-state index in [-0.39, 0.29) is 6.09 Å². The first-order chi connectivity index (χ1) is 15.7. The summed E-state index contributed by atoms with van der Waals surface area (Å²) in [5, 5.41) is 4.38. The van der Waals surface area contributed by atoms with Gasteiger partial charge in [-0.15, -0.1) is 0 Å². The number of carbonyl (C=O) groups excluding carboxylic acids is 1. The van der Waals surface area contributed by atoms with E-state index in [1.807, 2.05) is 37.3 Å². The average molecular weight is 450 g/mol. The molecular formula is C24H27N5O2S. The van der Waals surface area contributed by atoms with Gasteiger partial charge in [-0.3, -0.25) is 0 Å². The van der Waals surface area contributed by atoms with Gasteiger partial charge in [-0.25, -0.2) is 19.7 Å². The van der Waals surface area contributed by atoms with Crippen LogP contribution in [0, 0.1) is 0 Å². The lowest BCUT2D eigenvalue weighted by Gasteiger charge is -2.20. The van der Waals surface area contributed by atoms with Crippen molar-refractivity contribution in [2.45, 2.75) is 32.2 Å². The molecule has 166 valence electrons. The number of aromatic nitrogens is 1. The molecule has 1 unspecified atom stereocenters.